The monoisotopic (exact) mass is 427 g/mol. The SMILES string of the molecule is CCNC(=NCc1cc(Cl)c(Cl)n1C)NCC(=O)N1CCc2sccc2C1. The highest BCUT2D eigenvalue weighted by Crippen LogP contribution is 2.25. The van der Waals surface area contributed by atoms with Crippen molar-refractivity contribution in [3.8, 4) is 0 Å². The molecule has 2 aromatic rings. The summed E-state index contributed by atoms with van der Waals surface area (Å²) in [6.45, 7) is 4.76. The summed E-state index contributed by atoms with van der Waals surface area (Å²) in [4.78, 5) is 20.4. The van der Waals surface area contributed by atoms with Gasteiger partial charge in [0.25, 0.3) is 0 Å². The second kappa shape index (κ2) is 8.99. The van der Waals surface area contributed by atoms with Crippen LogP contribution in [0.4, 0.5) is 0 Å². The number of thiophene rings is 1. The summed E-state index contributed by atoms with van der Waals surface area (Å²) in [5.41, 5.74) is 2.16. The van der Waals surface area contributed by atoms with Crippen LogP contribution in [0.2, 0.25) is 10.2 Å². The molecule has 1 amide bonds. The number of nitrogens with zero attached hydrogens (tertiary/aromatic N) is 3. The third-order valence-corrected chi connectivity index (χ3v) is 6.39. The van der Waals surface area contributed by atoms with E-state index in [1.165, 1.54) is 10.4 Å². The Morgan fingerprint density at radius 3 is 2.89 bits per heavy atom. The Labute approximate surface area is 173 Å². The van der Waals surface area contributed by atoms with Gasteiger partial charge < -0.3 is 20.1 Å². The molecule has 1 aliphatic heterocycles. The number of aliphatic imine (C=N–C) groups is 1. The quantitative estimate of drug-likeness (QED) is 0.569. The predicted octanol–water partition coefficient (Wildman–Crippen LogP) is 3.03. The van der Waals surface area contributed by atoms with Crippen LogP contribution in [0.5, 0.6) is 0 Å². The van der Waals surface area contributed by atoms with Crippen molar-refractivity contribution in [2.24, 2.45) is 12.0 Å². The minimum Gasteiger partial charge on any atom is -0.357 e. The normalized spacial score (nSPS) is 14.2. The van der Waals surface area contributed by atoms with Gasteiger partial charge in [0, 0.05) is 37.3 Å². The van der Waals surface area contributed by atoms with Gasteiger partial charge in [-0.3, -0.25) is 4.79 Å². The molecule has 27 heavy (non-hydrogen) atoms. The number of aromatic nitrogens is 1. The number of fused-ring (bicyclic) bond motifs is 1. The van der Waals surface area contributed by atoms with Crippen molar-refractivity contribution in [2.75, 3.05) is 19.6 Å². The van der Waals surface area contributed by atoms with Crippen LogP contribution >= 0.6 is 34.5 Å². The van der Waals surface area contributed by atoms with Gasteiger partial charge in [-0.25, -0.2) is 4.99 Å². The summed E-state index contributed by atoms with van der Waals surface area (Å²) < 4.78 is 1.80. The van der Waals surface area contributed by atoms with Gasteiger partial charge in [0.2, 0.25) is 5.91 Å². The van der Waals surface area contributed by atoms with Crippen molar-refractivity contribution < 1.29 is 4.79 Å². The summed E-state index contributed by atoms with van der Waals surface area (Å²) in [7, 11) is 1.85. The van der Waals surface area contributed by atoms with Crippen LogP contribution in [0.15, 0.2) is 22.5 Å². The number of nitrogens with one attached hydrogen (secondary N) is 2. The third kappa shape index (κ3) is 4.78. The van der Waals surface area contributed by atoms with E-state index in [4.69, 9.17) is 23.2 Å². The zero-order valence-corrected chi connectivity index (χ0v) is 17.7. The fraction of sp³-hybridized carbons (Fsp3) is 0.444. The lowest BCUT2D eigenvalue weighted by Gasteiger charge is -2.27. The summed E-state index contributed by atoms with van der Waals surface area (Å²) in [6, 6.07) is 3.91. The first-order valence-electron chi connectivity index (χ1n) is 8.84. The van der Waals surface area contributed by atoms with Crippen molar-refractivity contribution in [1.82, 2.24) is 20.1 Å². The standard InChI is InChI=1S/C18H23Cl2N5OS/c1-3-21-18(22-9-13-8-14(19)17(20)24(13)2)23-10-16(26)25-6-4-15-12(11-25)5-7-27-15/h5,7-8H,3-4,6,9-11H2,1-2H3,(H2,21,22,23). The molecule has 0 unspecified atom stereocenters. The van der Waals surface area contributed by atoms with Crippen LogP contribution in [-0.4, -0.2) is 41.0 Å². The average molecular weight is 428 g/mol. The van der Waals surface area contributed by atoms with E-state index in [-0.39, 0.29) is 12.5 Å². The molecule has 6 nitrogen and oxygen atoms in total. The average Bonchev–Trinajstić information content (AvgIpc) is 3.23. The van der Waals surface area contributed by atoms with Crippen LogP contribution in [-0.2, 0) is 31.4 Å². The van der Waals surface area contributed by atoms with Crippen LogP contribution in [0.3, 0.4) is 0 Å². The molecular formula is C18H23Cl2N5OS. The Kier molecular flexibility index (Phi) is 6.68. The molecule has 0 saturated heterocycles. The molecule has 0 aromatic carbocycles. The van der Waals surface area contributed by atoms with Gasteiger partial charge in [-0.2, -0.15) is 0 Å². The number of rotatable bonds is 5. The van der Waals surface area contributed by atoms with Crippen LogP contribution < -0.4 is 10.6 Å². The maximum absolute atomic E-state index is 12.6. The Hall–Kier alpha value is -1.70. The topological polar surface area (TPSA) is 61.7 Å². The molecule has 0 bridgehead atoms. The van der Waals surface area contributed by atoms with Crippen LogP contribution in [0.25, 0.3) is 0 Å². The van der Waals surface area contributed by atoms with E-state index in [1.807, 2.05) is 18.9 Å². The number of carbonyl (C=O) groups excluding carboxylic acids is 1. The first-order chi connectivity index (χ1) is 13.0. The molecule has 0 saturated carbocycles. The summed E-state index contributed by atoms with van der Waals surface area (Å²) in [6.07, 6.45) is 0.932. The lowest BCUT2D eigenvalue weighted by Crippen LogP contribution is -2.45. The van der Waals surface area contributed by atoms with E-state index in [2.05, 4.69) is 27.1 Å². The Morgan fingerprint density at radius 2 is 2.19 bits per heavy atom. The van der Waals surface area contributed by atoms with Gasteiger partial charge in [0.05, 0.1) is 18.1 Å². The summed E-state index contributed by atoms with van der Waals surface area (Å²) >= 11 is 13.9. The Balaban J connectivity index is 1.57. The molecule has 1 aliphatic rings. The van der Waals surface area contributed by atoms with Gasteiger partial charge in [-0.1, -0.05) is 23.2 Å². The fourth-order valence-corrected chi connectivity index (χ4v) is 4.28. The zero-order valence-electron chi connectivity index (χ0n) is 15.4. The van der Waals surface area contributed by atoms with Crippen LogP contribution in [0.1, 0.15) is 23.1 Å². The molecule has 0 fully saturated rings. The first kappa shape index (κ1) is 20.0. The fourth-order valence-electron chi connectivity index (χ4n) is 2.97. The summed E-state index contributed by atoms with van der Waals surface area (Å²) in [5.74, 6) is 0.662. The van der Waals surface area contributed by atoms with Crippen molar-refractivity contribution in [3.05, 3.63) is 43.8 Å². The minimum absolute atomic E-state index is 0.0717. The number of halogens is 2. The second-order valence-corrected chi connectivity index (χ2v) is 8.08. The molecule has 0 atom stereocenters. The van der Waals surface area contributed by atoms with Gasteiger partial charge in [0.15, 0.2) is 5.96 Å². The van der Waals surface area contributed by atoms with E-state index >= 15 is 0 Å². The Morgan fingerprint density at radius 1 is 1.37 bits per heavy atom. The molecule has 3 heterocycles. The second-order valence-electron chi connectivity index (χ2n) is 6.32. The summed E-state index contributed by atoms with van der Waals surface area (Å²) in [5, 5.41) is 9.38. The van der Waals surface area contributed by atoms with E-state index in [9.17, 15) is 4.79 Å². The molecule has 0 spiro atoms. The number of hydrogen-bond donors (Lipinski definition) is 2. The van der Waals surface area contributed by atoms with Crippen molar-refractivity contribution in [1.29, 1.82) is 0 Å². The zero-order chi connectivity index (χ0) is 19.4. The van der Waals surface area contributed by atoms with Crippen molar-refractivity contribution in [2.45, 2.75) is 26.4 Å². The maximum Gasteiger partial charge on any atom is 0.242 e. The highest BCUT2D eigenvalue weighted by molar-refractivity contribution is 7.10. The molecule has 146 valence electrons. The highest BCUT2D eigenvalue weighted by atomic mass is 35.5. The molecule has 3 rings (SSSR count). The van der Waals surface area contributed by atoms with E-state index in [0.29, 0.717) is 35.8 Å². The highest BCUT2D eigenvalue weighted by Gasteiger charge is 2.21. The third-order valence-electron chi connectivity index (χ3n) is 4.53. The van der Waals surface area contributed by atoms with Crippen molar-refractivity contribution in [3.63, 3.8) is 0 Å². The van der Waals surface area contributed by atoms with E-state index in [0.717, 1.165) is 18.7 Å². The maximum atomic E-state index is 12.6. The lowest BCUT2D eigenvalue weighted by atomic mass is 10.1. The molecular weight excluding hydrogens is 405 g/mol. The van der Waals surface area contributed by atoms with E-state index < -0.39 is 0 Å². The first-order valence-corrected chi connectivity index (χ1v) is 10.5. The lowest BCUT2D eigenvalue weighted by molar-refractivity contribution is -0.130. The predicted molar refractivity (Wildman–Crippen MR) is 112 cm³/mol. The van der Waals surface area contributed by atoms with Gasteiger partial charge in [-0.05, 0) is 36.4 Å². The van der Waals surface area contributed by atoms with E-state index in [1.54, 1.807) is 22.0 Å². The number of amides is 1. The smallest absolute Gasteiger partial charge is 0.242 e. The molecule has 0 aliphatic carbocycles. The molecule has 2 N–H and O–H groups in total. The number of hydrogen-bond acceptors (Lipinski definition) is 3. The molecule has 9 heteroatoms. The Bertz CT molecular complexity index is 845. The molecule has 2 aromatic heterocycles. The number of guanidine groups is 1. The largest absolute Gasteiger partial charge is 0.357 e. The minimum atomic E-state index is 0.0717. The molecule has 0 radical (unpaired) electrons. The van der Waals surface area contributed by atoms with Gasteiger partial charge in [-0.15, -0.1) is 11.3 Å². The van der Waals surface area contributed by atoms with Gasteiger partial charge in [0.1, 0.15) is 5.15 Å². The van der Waals surface area contributed by atoms with Crippen LogP contribution in [0, 0.1) is 0 Å². The number of carbonyl (C=O) groups is 1. The van der Waals surface area contributed by atoms with Crippen molar-refractivity contribution >= 4 is 46.4 Å². The van der Waals surface area contributed by atoms with Gasteiger partial charge >= 0.3 is 0 Å².